The smallest absolute Gasteiger partial charge is 0.280 e. The van der Waals surface area contributed by atoms with Crippen LogP contribution in [0.1, 0.15) is 5.56 Å². The van der Waals surface area contributed by atoms with E-state index in [1.54, 1.807) is 6.07 Å². The molecule has 2 N–H and O–H groups in total. The lowest BCUT2D eigenvalue weighted by Crippen LogP contribution is -2.12. The number of nitrogens with two attached hydrogens (primary N) is 1. The van der Waals surface area contributed by atoms with Gasteiger partial charge in [-0.15, -0.1) is 0 Å². The summed E-state index contributed by atoms with van der Waals surface area (Å²) in [6.45, 7) is -0.0411. The monoisotopic (exact) mass is 261 g/mol. The Balaban J connectivity index is 2.59. The summed E-state index contributed by atoms with van der Waals surface area (Å²) in [5.41, 5.74) is 4.33. The van der Waals surface area contributed by atoms with Gasteiger partial charge in [0.25, 0.3) is 11.6 Å². The molecule has 0 radical (unpaired) electrons. The summed E-state index contributed by atoms with van der Waals surface area (Å²) in [5.74, 6) is -0.422. The third kappa shape index (κ3) is 2.30. The van der Waals surface area contributed by atoms with Gasteiger partial charge in [-0.2, -0.15) is 5.26 Å². The third-order valence-corrected chi connectivity index (χ3v) is 2.40. The zero-order valence-corrected chi connectivity index (χ0v) is 9.45. The Morgan fingerprint density at radius 2 is 2.11 bits per heavy atom. The van der Waals surface area contributed by atoms with Gasteiger partial charge in [-0.25, -0.2) is 0 Å². The number of amides is 1. The molecule has 0 saturated heterocycles. The van der Waals surface area contributed by atoms with Crippen molar-refractivity contribution < 1.29 is 19.2 Å². The van der Waals surface area contributed by atoms with Crippen molar-refractivity contribution in [2.75, 3.05) is 6.79 Å². The Hall–Kier alpha value is -3.08. The minimum Gasteiger partial charge on any atom is -0.454 e. The fourth-order valence-electron chi connectivity index (χ4n) is 1.53. The zero-order valence-electron chi connectivity index (χ0n) is 9.45. The SMILES string of the molecule is N#C/C(=C\c1cc2c(cc1[N+](=O)[O-])OCO2)C(N)=O. The molecule has 1 aliphatic rings. The van der Waals surface area contributed by atoms with Gasteiger partial charge in [-0.3, -0.25) is 14.9 Å². The summed E-state index contributed by atoms with van der Waals surface area (Å²) in [7, 11) is 0. The van der Waals surface area contributed by atoms with E-state index in [0.717, 1.165) is 6.08 Å². The quantitative estimate of drug-likeness (QED) is 0.369. The molecule has 19 heavy (non-hydrogen) atoms. The van der Waals surface area contributed by atoms with E-state index in [2.05, 4.69) is 0 Å². The molecule has 0 aromatic heterocycles. The van der Waals surface area contributed by atoms with Crippen LogP contribution in [0.25, 0.3) is 6.08 Å². The molecule has 0 saturated carbocycles. The summed E-state index contributed by atoms with van der Waals surface area (Å²) in [5, 5.41) is 19.7. The number of nitro groups is 1. The van der Waals surface area contributed by atoms with Gasteiger partial charge in [0, 0.05) is 0 Å². The molecule has 1 aliphatic heterocycles. The molecule has 8 nitrogen and oxygen atoms in total. The Bertz CT molecular complexity index is 644. The van der Waals surface area contributed by atoms with E-state index in [1.807, 2.05) is 0 Å². The number of carbonyl (C=O) groups excluding carboxylic acids is 1. The summed E-state index contributed by atoms with van der Waals surface area (Å²) in [6, 6.07) is 4.07. The van der Waals surface area contributed by atoms with Gasteiger partial charge in [-0.05, 0) is 12.1 Å². The fourth-order valence-corrected chi connectivity index (χ4v) is 1.53. The first-order valence-electron chi connectivity index (χ1n) is 5.02. The number of fused-ring (bicyclic) bond motifs is 1. The number of rotatable bonds is 3. The fraction of sp³-hybridized carbons (Fsp3) is 0.0909. The van der Waals surface area contributed by atoms with E-state index in [9.17, 15) is 14.9 Å². The first-order chi connectivity index (χ1) is 9.02. The standard InChI is InChI=1S/C11H7N3O5/c12-4-7(11(13)15)1-6-2-9-10(19-5-18-9)3-8(6)14(16)17/h1-3H,5H2,(H2,13,15)/b7-1+. The maximum atomic E-state index is 11.0. The van der Waals surface area contributed by atoms with Crippen LogP contribution >= 0.6 is 0 Å². The highest BCUT2D eigenvalue weighted by molar-refractivity contribution is 6.01. The van der Waals surface area contributed by atoms with Crippen LogP contribution in [0.5, 0.6) is 11.5 Å². The lowest BCUT2D eigenvalue weighted by molar-refractivity contribution is -0.385. The Labute approximate surface area is 106 Å². The van der Waals surface area contributed by atoms with E-state index in [-0.39, 0.29) is 29.4 Å². The zero-order chi connectivity index (χ0) is 14.0. The number of hydrogen-bond acceptors (Lipinski definition) is 6. The molecule has 0 spiro atoms. The largest absolute Gasteiger partial charge is 0.454 e. The van der Waals surface area contributed by atoms with E-state index < -0.39 is 10.8 Å². The highest BCUT2D eigenvalue weighted by atomic mass is 16.7. The predicted octanol–water partition coefficient (Wildman–Crippen LogP) is 0.716. The van der Waals surface area contributed by atoms with Crippen molar-refractivity contribution in [1.29, 1.82) is 5.26 Å². The van der Waals surface area contributed by atoms with E-state index >= 15 is 0 Å². The second-order valence-electron chi connectivity index (χ2n) is 3.56. The van der Waals surface area contributed by atoms with Crippen LogP contribution < -0.4 is 15.2 Å². The lowest BCUT2D eigenvalue weighted by atomic mass is 10.1. The van der Waals surface area contributed by atoms with Crippen molar-refractivity contribution in [3.05, 3.63) is 33.4 Å². The highest BCUT2D eigenvalue weighted by Crippen LogP contribution is 2.38. The molecule has 2 rings (SSSR count). The summed E-state index contributed by atoms with van der Waals surface area (Å²) in [4.78, 5) is 21.2. The van der Waals surface area contributed by atoms with Crippen LogP contribution in [0, 0.1) is 21.4 Å². The molecular weight excluding hydrogens is 254 g/mol. The normalized spacial score (nSPS) is 12.9. The van der Waals surface area contributed by atoms with E-state index in [0.29, 0.717) is 5.75 Å². The van der Waals surface area contributed by atoms with Crippen LogP contribution in [-0.4, -0.2) is 17.6 Å². The summed E-state index contributed by atoms with van der Waals surface area (Å²) < 4.78 is 10.1. The Kier molecular flexibility index (Phi) is 3.03. The van der Waals surface area contributed by atoms with Gasteiger partial charge in [0.1, 0.15) is 11.6 Å². The maximum absolute atomic E-state index is 11.0. The molecular formula is C11H7N3O5. The molecule has 1 amide bonds. The Morgan fingerprint density at radius 1 is 1.47 bits per heavy atom. The average Bonchev–Trinajstić information content (AvgIpc) is 2.81. The number of carbonyl (C=O) groups is 1. The predicted molar refractivity (Wildman–Crippen MR) is 62.0 cm³/mol. The van der Waals surface area contributed by atoms with Crippen molar-refractivity contribution in [2.45, 2.75) is 0 Å². The van der Waals surface area contributed by atoms with Crippen LogP contribution in [-0.2, 0) is 4.79 Å². The number of nitrogens with zero attached hydrogens (tertiary/aromatic N) is 2. The molecule has 8 heteroatoms. The number of hydrogen-bond donors (Lipinski definition) is 1. The van der Waals surface area contributed by atoms with E-state index in [4.69, 9.17) is 20.5 Å². The van der Waals surface area contributed by atoms with Crippen LogP contribution in [0.3, 0.4) is 0 Å². The molecule has 1 aromatic rings. The number of nitriles is 1. The summed E-state index contributed by atoms with van der Waals surface area (Å²) in [6.07, 6.45) is 1.04. The van der Waals surface area contributed by atoms with Crippen molar-refractivity contribution in [1.82, 2.24) is 0 Å². The Morgan fingerprint density at radius 3 is 2.63 bits per heavy atom. The number of benzene rings is 1. The summed E-state index contributed by atoms with van der Waals surface area (Å²) >= 11 is 0. The van der Waals surface area contributed by atoms with Crippen molar-refractivity contribution >= 4 is 17.7 Å². The molecule has 1 aromatic carbocycles. The highest BCUT2D eigenvalue weighted by Gasteiger charge is 2.23. The number of nitro benzene ring substituents is 1. The van der Waals surface area contributed by atoms with Crippen LogP contribution in [0.4, 0.5) is 5.69 Å². The lowest BCUT2D eigenvalue weighted by Gasteiger charge is -2.01. The number of ether oxygens (including phenoxy) is 2. The van der Waals surface area contributed by atoms with Gasteiger partial charge < -0.3 is 15.2 Å². The number of primary amides is 1. The second kappa shape index (κ2) is 4.66. The van der Waals surface area contributed by atoms with Crippen molar-refractivity contribution in [3.8, 4) is 17.6 Å². The first kappa shape index (κ1) is 12.4. The minimum absolute atomic E-state index is 0.0411. The van der Waals surface area contributed by atoms with Gasteiger partial charge in [0.2, 0.25) is 6.79 Å². The van der Waals surface area contributed by atoms with Gasteiger partial charge in [0.15, 0.2) is 11.5 Å². The maximum Gasteiger partial charge on any atom is 0.280 e. The van der Waals surface area contributed by atoms with E-state index in [1.165, 1.54) is 12.1 Å². The third-order valence-electron chi connectivity index (χ3n) is 2.40. The molecule has 0 atom stereocenters. The minimum atomic E-state index is -0.963. The van der Waals surface area contributed by atoms with Gasteiger partial charge in [-0.1, -0.05) is 0 Å². The van der Waals surface area contributed by atoms with Gasteiger partial charge >= 0.3 is 0 Å². The first-order valence-corrected chi connectivity index (χ1v) is 5.02. The topological polar surface area (TPSA) is 128 Å². The van der Waals surface area contributed by atoms with Gasteiger partial charge in [0.05, 0.1) is 16.6 Å². The second-order valence-corrected chi connectivity index (χ2v) is 3.56. The molecule has 0 bridgehead atoms. The average molecular weight is 261 g/mol. The molecule has 1 heterocycles. The van der Waals surface area contributed by atoms with Crippen molar-refractivity contribution in [3.63, 3.8) is 0 Å². The van der Waals surface area contributed by atoms with Crippen LogP contribution in [0.15, 0.2) is 17.7 Å². The van der Waals surface area contributed by atoms with Crippen molar-refractivity contribution in [2.24, 2.45) is 5.73 Å². The molecule has 0 fully saturated rings. The molecule has 0 unspecified atom stereocenters. The molecule has 0 aliphatic carbocycles. The molecule has 96 valence electrons. The van der Waals surface area contributed by atoms with Crippen LogP contribution in [0.2, 0.25) is 0 Å².